The second-order valence-electron chi connectivity index (χ2n) is 8.18. The van der Waals surface area contributed by atoms with E-state index >= 15 is 0 Å². The molecule has 4 rings (SSSR count). The van der Waals surface area contributed by atoms with Crippen molar-refractivity contribution in [2.45, 2.75) is 39.8 Å². The fraction of sp³-hybridized carbons (Fsp3) is 0.273. The van der Waals surface area contributed by atoms with Crippen LogP contribution in [-0.2, 0) is 11.3 Å². The second kappa shape index (κ2) is 8.99. The van der Waals surface area contributed by atoms with Gasteiger partial charge in [-0.15, -0.1) is 0 Å². The molecule has 0 aliphatic rings. The molecule has 0 aliphatic carbocycles. The Morgan fingerprint density at radius 1 is 1.24 bits per heavy atom. The van der Waals surface area contributed by atoms with Crippen LogP contribution in [0.25, 0.3) is 11.0 Å². The number of carbonyl (C=O) groups is 1. The lowest BCUT2D eigenvalue weighted by molar-refractivity contribution is 0.0636. The van der Waals surface area contributed by atoms with E-state index in [-0.39, 0.29) is 5.88 Å². The summed E-state index contributed by atoms with van der Waals surface area (Å²) in [4.78, 5) is 24.1. The van der Waals surface area contributed by atoms with Gasteiger partial charge in [-0.25, -0.2) is 4.79 Å². The minimum Gasteiger partial charge on any atom is -0.444 e. The van der Waals surface area contributed by atoms with Crippen molar-refractivity contribution in [2.75, 3.05) is 10.6 Å². The van der Waals surface area contributed by atoms with Gasteiger partial charge in [-0.2, -0.15) is 15.1 Å². The summed E-state index contributed by atoms with van der Waals surface area (Å²) in [5, 5.41) is 11.0. The van der Waals surface area contributed by atoms with E-state index in [9.17, 15) is 4.79 Å². The molecule has 0 bridgehead atoms. The van der Waals surface area contributed by atoms with Crippen LogP contribution in [0.15, 0.2) is 42.9 Å². The monoisotopic (exact) mass is 469 g/mol. The van der Waals surface area contributed by atoms with Crippen LogP contribution >= 0.6 is 11.6 Å². The molecule has 3 heterocycles. The maximum Gasteiger partial charge on any atom is 0.412 e. The van der Waals surface area contributed by atoms with Gasteiger partial charge in [-0.3, -0.25) is 10.00 Å². The Morgan fingerprint density at radius 3 is 2.79 bits per heavy atom. The number of anilines is 3. The molecule has 0 fully saturated rings. The van der Waals surface area contributed by atoms with Gasteiger partial charge in [0.15, 0.2) is 0 Å². The highest BCUT2D eigenvalue weighted by molar-refractivity contribution is 6.35. The van der Waals surface area contributed by atoms with E-state index in [0.717, 1.165) is 12.2 Å². The van der Waals surface area contributed by atoms with Crippen LogP contribution in [0.1, 0.15) is 27.7 Å². The zero-order valence-electron chi connectivity index (χ0n) is 18.6. The zero-order chi connectivity index (χ0) is 23.6. The van der Waals surface area contributed by atoms with Crippen molar-refractivity contribution in [1.29, 1.82) is 0 Å². The molecule has 0 radical (unpaired) electrons. The highest BCUT2D eigenvalue weighted by atomic mass is 35.5. The van der Waals surface area contributed by atoms with E-state index in [2.05, 4.69) is 30.7 Å². The quantitative estimate of drug-likeness (QED) is 0.331. The van der Waals surface area contributed by atoms with Crippen molar-refractivity contribution in [3.05, 3.63) is 47.9 Å². The van der Waals surface area contributed by atoms with E-state index in [1.165, 1.54) is 0 Å². The number of rotatable bonds is 6. The minimum absolute atomic E-state index is 0.256. The molecule has 4 aromatic rings. The lowest BCUT2D eigenvalue weighted by Gasteiger charge is -2.19. The van der Waals surface area contributed by atoms with Gasteiger partial charge in [0.25, 0.3) is 0 Å². The number of aryl methyl sites for hydroxylation is 1. The molecule has 0 atom stereocenters. The van der Waals surface area contributed by atoms with Crippen molar-refractivity contribution in [2.24, 2.45) is 0 Å². The minimum atomic E-state index is -0.604. The highest BCUT2D eigenvalue weighted by Gasteiger charge is 2.18. The van der Waals surface area contributed by atoms with Gasteiger partial charge in [0.1, 0.15) is 22.4 Å². The number of H-pyrrole nitrogens is 1. The molecule has 1 amide bonds. The summed E-state index contributed by atoms with van der Waals surface area (Å²) < 4.78 is 13.1. The molecule has 0 saturated carbocycles. The molecule has 0 aliphatic heterocycles. The third-order valence-electron chi connectivity index (χ3n) is 4.36. The topological polar surface area (TPSA) is 119 Å². The summed E-state index contributed by atoms with van der Waals surface area (Å²) in [5.41, 5.74) is 1.16. The first kappa shape index (κ1) is 22.4. The number of benzene rings is 1. The Kier molecular flexibility index (Phi) is 6.10. The number of halogens is 1. The summed E-state index contributed by atoms with van der Waals surface area (Å²) in [6.07, 6.45) is 4.59. The lowest BCUT2D eigenvalue weighted by Crippen LogP contribution is -2.27. The average molecular weight is 470 g/mol. The summed E-state index contributed by atoms with van der Waals surface area (Å²) in [6.45, 7) is 8.14. The van der Waals surface area contributed by atoms with Crippen molar-refractivity contribution >= 4 is 46.1 Å². The van der Waals surface area contributed by atoms with Crippen LogP contribution < -0.4 is 15.4 Å². The number of amides is 1. The fourth-order valence-electron chi connectivity index (χ4n) is 2.99. The number of ether oxygens (including phenoxy) is 2. The Hall–Kier alpha value is -3.79. The molecule has 1 aromatic carbocycles. The van der Waals surface area contributed by atoms with E-state index in [0.29, 0.717) is 33.4 Å². The number of aromatic nitrogens is 5. The predicted molar refractivity (Wildman–Crippen MR) is 126 cm³/mol. The fourth-order valence-corrected chi connectivity index (χ4v) is 3.22. The molecule has 0 saturated heterocycles. The number of hydrogen-bond acceptors (Lipinski definition) is 7. The van der Waals surface area contributed by atoms with Gasteiger partial charge in [-0.05, 0) is 39.8 Å². The van der Waals surface area contributed by atoms with Gasteiger partial charge < -0.3 is 19.8 Å². The van der Waals surface area contributed by atoms with Crippen molar-refractivity contribution in [3.8, 4) is 11.6 Å². The molecule has 0 unspecified atom stereocenters. The molecule has 33 heavy (non-hydrogen) atoms. The molecule has 3 aromatic heterocycles. The highest BCUT2D eigenvalue weighted by Crippen LogP contribution is 2.34. The third-order valence-corrected chi connectivity index (χ3v) is 4.66. The molecule has 11 heteroatoms. The first-order valence-electron chi connectivity index (χ1n) is 10.3. The summed E-state index contributed by atoms with van der Waals surface area (Å²) >= 11 is 6.34. The van der Waals surface area contributed by atoms with Crippen molar-refractivity contribution < 1.29 is 14.3 Å². The van der Waals surface area contributed by atoms with Gasteiger partial charge in [0, 0.05) is 30.7 Å². The Bertz CT molecular complexity index is 1290. The SMILES string of the molecule is CCn1cc(Nc2nc(Oc3cccc(NC(=O)OC(C)(C)C)c3)c3c(Cl)c[nH]c3n2)cn1. The number of hydrogen-bond donors (Lipinski definition) is 3. The number of fused-ring (bicyclic) bond motifs is 1. The van der Waals surface area contributed by atoms with Gasteiger partial charge in [-0.1, -0.05) is 17.7 Å². The summed E-state index contributed by atoms with van der Waals surface area (Å²) in [5.74, 6) is 1.02. The standard InChI is InChI=1S/C22H24ClN7O3/c1-5-30-12-14(10-25-30)26-20-28-18-17(16(23)11-24-18)19(29-20)32-15-8-6-7-13(9-15)27-21(31)33-22(2,3)4/h6-12H,5H2,1-4H3,(H,27,31)(H2,24,26,28,29). The molecular weight excluding hydrogens is 446 g/mol. The van der Waals surface area contributed by atoms with Crippen LogP contribution in [0.4, 0.5) is 22.1 Å². The molecule has 0 spiro atoms. The summed E-state index contributed by atoms with van der Waals surface area (Å²) in [7, 11) is 0. The maximum absolute atomic E-state index is 12.1. The molecule has 3 N–H and O–H groups in total. The van der Waals surface area contributed by atoms with E-state index in [1.807, 2.05) is 13.1 Å². The van der Waals surface area contributed by atoms with Crippen LogP contribution in [0.5, 0.6) is 11.6 Å². The van der Waals surface area contributed by atoms with E-state index < -0.39 is 11.7 Å². The van der Waals surface area contributed by atoms with Crippen LogP contribution in [0, 0.1) is 0 Å². The lowest BCUT2D eigenvalue weighted by atomic mass is 10.2. The summed E-state index contributed by atoms with van der Waals surface area (Å²) in [6, 6.07) is 6.88. The predicted octanol–water partition coefficient (Wildman–Crippen LogP) is 5.71. The number of nitrogens with one attached hydrogen (secondary N) is 3. The Labute approximate surface area is 195 Å². The van der Waals surface area contributed by atoms with Crippen LogP contribution in [0.2, 0.25) is 5.02 Å². The second-order valence-corrected chi connectivity index (χ2v) is 8.59. The Balaban J connectivity index is 1.60. The van der Waals surface area contributed by atoms with E-state index in [4.69, 9.17) is 21.1 Å². The van der Waals surface area contributed by atoms with Crippen LogP contribution in [0.3, 0.4) is 0 Å². The van der Waals surface area contributed by atoms with Gasteiger partial charge in [0.05, 0.1) is 16.9 Å². The smallest absolute Gasteiger partial charge is 0.412 e. The van der Waals surface area contributed by atoms with Crippen molar-refractivity contribution in [3.63, 3.8) is 0 Å². The molecular formula is C22H24ClN7O3. The normalized spacial score (nSPS) is 11.4. The number of nitrogens with zero attached hydrogens (tertiary/aromatic N) is 4. The molecule has 10 nitrogen and oxygen atoms in total. The number of aromatic amines is 1. The Morgan fingerprint density at radius 2 is 2.06 bits per heavy atom. The first-order valence-corrected chi connectivity index (χ1v) is 10.7. The zero-order valence-corrected chi connectivity index (χ0v) is 19.4. The maximum atomic E-state index is 12.1. The number of carbonyl (C=O) groups excluding carboxylic acids is 1. The third kappa shape index (κ3) is 5.53. The van der Waals surface area contributed by atoms with Gasteiger partial charge in [0.2, 0.25) is 11.8 Å². The average Bonchev–Trinajstić information content (AvgIpc) is 3.33. The van der Waals surface area contributed by atoms with Crippen LogP contribution in [-0.4, -0.2) is 36.4 Å². The largest absolute Gasteiger partial charge is 0.444 e. The van der Waals surface area contributed by atoms with Gasteiger partial charge >= 0.3 is 6.09 Å². The molecule has 172 valence electrons. The van der Waals surface area contributed by atoms with E-state index in [1.54, 1.807) is 62.1 Å². The first-order chi connectivity index (χ1) is 15.7. The van der Waals surface area contributed by atoms with Crippen molar-refractivity contribution in [1.82, 2.24) is 24.7 Å².